The molecule has 2 atom stereocenters. The molecule has 0 radical (unpaired) electrons. The predicted octanol–water partition coefficient (Wildman–Crippen LogP) is 3.39. The van der Waals surface area contributed by atoms with Crippen molar-refractivity contribution in [3.63, 3.8) is 0 Å². The largest absolute Gasteiger partial charge is 0.495 e. The summed E-state index contributed by atoms with van der Waals surface area (Å²) in [7, 11) is 3.96. The van der Waals surface area contributed by atoms with E-state index in [2.05, 4.69) is 57.2 Å². The molecule has 0 spiro atoms. The van der Waals surface area contributed by atoms with Crippen molar-refractivity contribution in [1.82, 2.24) is 24.8 Å². The molecule has 0 bridgehead atoms. The fourth-order valence-corrected chi connectivity index (χ4v) is 6.71. The van der Waals surface area contributed by atoms with E-state index in [9.17, 15) is 5.11 Å². The topological polar surface area (TPSA) is 116 Å². The van der Waals surface area contributed by atoms with Gasteiger partial charge in [-0.1, -0.05) is 13.0 Å². The number of fused-ring (bicyclic) bond motifs is 1. The second kappa shape index (κ2) is 12.0. The molecule has 41 heavy (non-hydrogen) atoms. The number of piperidine rings is 1. The average molecular weight is 561 g/mol. The Hall–Kier alpha value is -3.21. The standard InChI is InChI=1S/C31H44N8O2/c1-4-25-31(34-21-6-7-23(40)18-21)36-28-24(19-33-30(32)29(28)35-25)20-5-8-26(27(17-20)41-3)39-11-9-22(10-12-39)38-15-13-37(2)14-16-38/h5,8,17,19,21-23,40H,4,6-7,9-16,18H2,1-3H3,(H2,32,33)(H,34,36)/t21-,23-/m1/s1. The maximum absolute atomic E-state index is 10.0. The summed E-state index contributed by atoms with van der Waals surface area (Å²) in [5.74, 6) is 1.99. The molecule has 2 aliphatic heterocycles. The van der Waals surface area contributed by atoms with Gasteiger partial charge in [0.05, 0.1) is 24.6 Å². The third-order valence-corrected chi connectivity index (χ3v) is 9.23. The molecule has 2 saturated heterocycles. The molecule has 6 rings (SSSR count). The van der Waals surface area contributed by atoms with Crippen LogP contribution in [0.3, 0.4) is 0 Å². The number of hydrogen-bond acceptors (Lipinski definition) is 10. The van der Waals surface area contributed by atoms with Gasteiger partial charge in [-0.2, -0.15) is 0 Å². The minimum atomic E-state index is -0.259. The van der Waals surface area contributed by atoms with Crippen LogP contribution in [0.2, 0.25) is 0 Å². The van der Waals surface area contributed by atoms with Crippen LogP contribution in [0.25, 0.3) is 22.2 Å². The summed E-state index contributed by atoms with van der Waals surface area (Å²) in [5.41, 5.74) is 11.5. The Labute approximate surface area is 242 Å². The van der Waals surface area contributed by atoms with E-state index in [1.165, 1.54) is 25.9 Å². The van der Waals surface area contributed by atoms with Crippen LogP contribution in [0, 0.1) is 0 Å². The number of rotatable bonds is 7. The van der Waals surface area contributed by atoms with Crippen LogP contribution in [0.15, 0.2) is 24.4 Å². The van der Waals surface area contributed by atoms with Crippen LogP contribution < -0.4 is 20.7 Å². The number of ether oxygens (including phenoxy) is 1. The van der Waals surface area contributed by atoms with Crippen LogP contribution in [0.1, 0.15) is 44.7 Å². The number of nitrogens with zero attached hydrogens (tertiary/aromatic N) is 6. The molecule has 4 heterocycles. The molecule has 4 N–H and O–H groups in total. The third kappa shape index (κ3) is 5.78. The Bertz CT molecular complexity index is 1370. The maximum Gasteiger partial charge on any atom is 0.151 e. The fraction of sp³-hybridized carbons (Fsp3) is 0.581. The number of likely N-dealkylation sites (N-methyl/N-ethyl adjacent to an activating group) is 1. The number of anilines is 3. The molecule has 0 amide bonds. The zero-order valence-corrected chi connectivity index (χ0v) is 24.6. The lowest BCUT2D eigenvalue weighted by Crippen LogP contribution is -2.52. The monoisotopic (exact) mass is 560 g/mol. The lowest BCUT2D eigenvalue weighted by Gasteiger charge is -2.42. The molecule has 220 valence electrons. The molecule has 3 aromatic rings. The predicted molar refractivity (Wildman–Crippen MR) is 165 cm³/mol. The van der Waals surface area contributed by atoms with Gasteiger partial charge in [-0.15, -0.1) is 0 Å². The Morgan fingerprint density at radius 3 is 2.49 bits per heavy atom. The fourth-order valence-electron chi connectivity index (χ4n) is 6.71. The number of piperazine rings is 1. The highest BCUT2D eigenvalue weighted by molar-refractivity contribution is 5.97. The zero-order chi connectivity index (χ0) is 28.5. The van der Waals surface area contributed by atoms with Crippen molar-refractivity contribution in [3.8, 4) is 16.9 Å². The van der Waals surface area contributed by atoms with E-state index in [4.69, 9.17) is 20.4 Å². The van der Waals surface area contributed by atoms with Crippen molar-refractivity contribution in [2.45, 2.75) is 63.6 Å². The smallest absolute Gasteiger partial charge is 0.151 e. The number of aryl methyl sites for hydroxylation is 1. The minimum Gasteiger partial charge on any atom is -0.495 e. The molecular weight excluding hydrogens is 516 g/mol. The summed E-state index contributed by atoms with van der Waals surface area (Å²) in [4.78, 5) is 22.0. The molecule has 10 nitrogen and oxygen atoms in total. The summed E-state index contributed by atoms with van der Waals surface area (Å²) >= 11 is 0. The van der Waals surface area contributed by atoms with Crippen LogP contribution in [0.5, 0.6) is 5.75 Å². The van der Waals surface area contributed by atoms with Crippen LogP contribution in [-0.2, 0) is 6.42 Å². The summed E-state index contributed by atoms with van der Waals surface area (Å²) in [5, 5.41) is 13.6. The zero-order valence-electron chi connectivity index (χ0n) is 24.6. The Morgan fingerprint density at radius 2 is 1.80 bits per heavy atom. The van der Waals surface area contributed by atoms with E-state index >= 15 is 0 Å². The number of aliphatic hydroxyl groups is 1. The second-order valence-corrected chi connectivity index (χ2v) is 11.9. The number of aliphatic hydroxyl groups excluding tert-OH is 1. The first-order chi connectivity index (χ1) is 19.9. The summed E-state index contributed by atoms with van der Waals surface area (Å²) in [6.45, 7) is 8.78. The molecule has 0 unspecified atom stereocenters. The van der Waals surface area contributed by atoms with E-state index in [0.29, 0.717) is 17.4 Å². The lowest BCUT2D eigenvalue weighted by molar-refractivity contribution is 0.0981. The number of aromatic nitrogens is 3. The van der Waals surface area contributed by atoms with Gasteiger partial charge < -0.3 is 30.7 Å². The van der Waals surface area contributed by atoms with Gasteiger partial charge in [-0.3, -0.25) is 4.90 Å². The molecule has 2 aromatic heterocycles. The highest BCUT2D eigenvalue weighted by Crippen LogP contribution is 2.38. The second-order valence-electron chi connectivity index (χ2n) is 11.9. The van der Waals surface area contributed by atoms with Crippen molar-refractivity contribution in [2.75, 3.05) is 69.4 Å². The summed E-state index contributed by atoms with van der Waals surface area (Å²) in [6.07, 6.45) is 7.04. The normalized spacial score (nSPS) is 22.9. The number of nitrogens with one attached hydrogen (secondary N) is 1. The molecular formula is C31H44N8O2. The van der Waals surface area contributed by atoms with Crippen molar-refractivity contribution >= 4 is 28.4 Å². The highest BCUT2D eigenvalue weighted by Gasteiger charge is 2.28. The van der Waals surface area contributed by atoms with E-state index in [-0.39, 0.29) is 12.1 Å². The number of pyridine rings is 1. The van der Waals surface area contributed by atoms with Crippen LogP contribution >= 0.6 is 0 Å². The Kier molecular flexibility index (Phi) is 8.14. The van der Waals surface area contributed by atoms with Crippen molar-refractivity contribution < 1.29 is 9.84 Å². The van der Waals surface area contributed by atoms with Gasteiger partial charge in [0, 0.05) is 63.1 Å². The summed E-state index contributed by atoms with van der Waals surface area (Å²) in [6, 6.07) is 7.24. The molecule has 1 aromatic carbocycles. The molecule has 10 heteroatoms. The van der Waals surface area contributed by atoms with Gasteiger partial charge in [0.15, 0.2) is 5.82 Å². The van der Waals surface area contributed by atoms with Crippen molar-refractivity contribution in [2.24, 2.45) is 0 Å². The number of benzene rings is 1. The third-order valence-electron chi connectivity index (χ3n) is 9.23. The first-order valence-electron chi connectivity index (χ1n) is 15.2. The lowest BCUT2D eigenvalue weighted by atomic mass is 10.00. The highest BCUT2D eigenvalue weighted by atomic mass is 16.5. The minimum absolute atomic E-state index is 0.185. The number of nitrogen functional groups attached to an aromatic ring is 1. The van der Waals surface area contributed by atoms with E-state index < -0.39 is 0 Å². The average Bonchev–Trinajstić information content (AvgIpc) is 3.41. The Balaban J connectivity index is 1.26. The molecule has 1 saturated carbocycles. The van der Waals surface area contributed by atoms with Gasteiger partial charge in [-0.25, -0.2) is 15.0 Å². The van der Waals surface area contributed by atoms with Gasteiger partial charge in [0.1, 0.15) is 22.6 Å². The summed E-state index contributed by atoms with van der Waals surface area (Å²) < 4.78 is 5.94. The van der Waals surface area contributed by atoms with Crippen LogP contribution in [-0.4, -0.2) is 101 Å². The van der Waals surface area contributed by atoms with Gasteiger partial charge >= 0.3 is 0 Å². The van der Waals surface area contributed by atoms with Gasteiger partial charge in [0.2, 0.25) is 0 Å². The number of hydrogen-bond donors (Lipinski definition) is 3. The number of methoxy groups -OCH3 is 1. The quantitative estimate of drug-likeness (QED) is 0.397. The van der Waals surface area contributed by atoms with Crippen molar-refractivity contribution in [3.05, 3.63) is 30.1 Å². The van der Waals surface area contributed by atoms with E-state index in [1.54, 1.807) is 13.3 Å². The van der Waals surface area contributed by atoms with Gasteiger partial charge in [0.25, 0.3) is 0 Å². The first-order valence-corrected chi connectivity index (χ1v) is 15.2. The van der Waals surface area contributed by atoms with Crippen molar-refractivity contribution in [1.29, 1.82) is 0 Å². The van der Waals surface area contributed by atoms with E-state index in [0.717, 1.165) is 91.5 Å². The maximum atomic E-state index is 10.0. The first kappa shape index (κ1) is 27.9. The molecule has 3 aliphatic rings. The van der Waals surface area contributed by atoms with Crippen LogP contribution in [0.4, 0.5) is 17.3 Å². The van der Waals surface area contributed by atoms with E-state index in [1.807, 2.05) is 0 Å². The van der Waals surface area contributed by atoms with Gasteiger partial charge in [-0.05, 0) is 63.3 Å². The number of nitrogens with two attached hydrogens (primary N) is 1. The molecule has 1 aliphatic carbocycles. The SMILES string of the molecule is CCc1nc2c(N)ncc(-c3ccc(N4CCC(N5CCN(C)CC5)CC4)c(OC)c3)c2nc1N[C@@H]1CC[C@@H](O)C1. The molecule has 3 fully saturated rings. The Morgan fingerprint density at radius 1 is 1.02 bits per heavy atom.